The van der Waals surface area contributed by atoms with Crippen LogP contribution in [0.3, 0.4) is 0 Å². The van der Waals surface area contributed by atoms with Gasteiger partial charge in [-0.1, -0.05) is 12.1 Å². The standard InChI is InChI=1S/C18H25FN4O3/c19-15-3-1-14(2-4-15)17(18(20)25)23-7-5-22(6-8-23)16(24)13-21-9-11-26-12-10-21/h1-4,17H,5-13H2,(H2,20,25)/t17-/m1/s1. The maximum Gasteiger partial charge on any atom is 0.239 e. The van der Waals surface area contributed by atoms with Gasteiger partial charge in [-0.05, 0) is 17.7 Å². The Morgan fingerprint density at radius 2 is 1.65 bits per heavy atom. The minimum absolute atomic E-state index is 0.101. The second-order valence-electron chi connectivity index (χ2n) is 6.66. The number of amides is 2. The Balaban J connectivity index is 1.56. The minimum atomic E-state index is -0.605. The summed E-state index contributed by atoms with van der Waals surface area (Å²) in [5, 5.41) is 0. The number of primary amides is 1. The van der Waals surface area contributed by atoms with Gasteiger partial charge in [0.2, 0.25) is 11.8 Å². The predicted octanol–water partition coefficient (Wildman–Crippen LogP) is -0.171. The molecule has 0 unspecified atom stereocenters. The molecule has 2 aliphatic rings. The number of nitrogens with two attached hydrogens (primary N) is 1. The fourth-order valence-corrected chi connectivity index (χ4v) is 3.48. The zero-order chi connectivity index (χ0) is 18.5. The summed E-state index contributed by atoms with van der Waals surface area (Å²) in [5.74, 6) is -0.718. The van der Waals surface area contributed by atoms with E-state index in [2.05, 4.69) is 4.90 Å². The lowest BCUT2D eigenvalue weighted by Crippen LogP contribution is -2.54. The molecule has 2 saturated heterocycles. The van der Waals surface area contributed by atoms with Crippen molar-refractivity contribution in [1.29, 1.82) is 0 Å². The molecule has 0 bridgehead atoms. The molecular formula is C18H25FN4O3. The zero-order valence-corrected chi connectivity index (χ0v) is 14.8. The molecule has 0 aliphatic carbocycles. The third-order valence-electron chi connectivity index (χ3n) is 4.95. The first-order valence-electron chi connectivity index (χ1n) is 8.91. The Hall–Kier alpha value is -2.03. The van der Waals surface area contributed by atoms with E-state index < -0.39 is 11.9 Å². The number of carbonyl (C=O) groups is 2. The molecule has 2 aliphatic heterocycles. The molecule has 0 aromatic heterocycles. The Morgan fingerprint density at radius 1 is 1.04 bits per heavy atom. The number of carbonyl (C=O) groups excluding carboxylic acids is 2. The molecule has 0 spiro atoms. The molecule has 2 amide bonds. The molecule has 1 aromatic rings. The fraction of sp³-hybridized carbons (Fsp3) is 0.556. The highest BCUT2D eigenvalue weighted by molar-refractivity contribution is 5.81. The summed E-state index contributed by atoms with van der Waals surface area (Å²) < 4.78 is 18.4. The quantitative estimate of drug-likeness (QED) is 0.785. The van der Waals surface area contributed by atoms with E-state index in [4.69, 9.17) is 10.5 Å². The van der Waals surface area contributed by atoms with Gasteiger partial charge in [-0.15, -0.1) is 0 Å². The summed E-state index contributed by atoms with van der Waals surface area (Å²) in [4.78, 5) is 30.3. The maximum absolute atomic E-state index is 13.1. The number of morpholine rings is 1. The Morgan fingerprint density at radius 3 is 2.23 bits per heavy atom. The number of hydrogen-bond acceptors (Lipinski definition) is 5. The van der Waals surface area contributed by atoms with Crippen LogP contribution in [0.15, 0.2) is 24.3 Å². The molecule has 7 nitrogen and oxygen atoms in total. The molecule has 26 heavy (non-hydrogen) atoms. The predicted molar refractivity (Wildman–Crippen MR) is 93.7 cm³/mol. The lowest BCUT2D eigenvalue weighted by Gasteiger charge is -2.39. The van der Waals surface area contributed by atoms with Crippen LogP contribution in [0.2, 0.25) is 0 Å². The monoisotopic (exact) mass is 364 g/mol. The van der Waals surface area contributed by atoms with Crippen LogP contribution in [0.25, 0.3) is 0 Å². The van der Waals surface area contributed by atoms with Gasteiger partial charge in [0.15, 0.2) is 0 Å². The first-order chi connectivity index (χ1) is 12.5. The second kappa shape index (κ2) is 8.57. The van der Waals surface area contributed by atoms with Crippen LogP contribution in [-0.2, 0) is 14.3 Å². The molecule has 0 radical (unpaired) electrons. The summed E-state index contributed by atoms with van der Waals surface area (Å²) >= 11 is 0. The normalized spacial score (nSPS) is 20.7. The van der Waals surface area contributed by atoms with E-state index in [0.29, 0.717) is 51.5 Å². The van der Waals surface area contributed by atoms with Crippen molar-refractivity contribution in [3.63, 3.8) is 0 Å². The molecule has 1 atom stereocenters. The van der Waals surface area contributed by atoms with E-state index in [1.807, 2.05) is 9.80 Å². The topological polar surface area (TPSA) is 79.1 Å². The van der Waals surface area contributed by atoms with Crippen LogP contribution >= 0.6 is 0 Å². The highest BCUT2D eigenvalue weighted by Crippen LogP contribution is 2.22. The summed E-state index contributed by atoms with van der Waals surface area (Å²) in [6.45, 7) is 5.50. The number of piperazine rings is 1. The average Bonchev–Trinajstić information content (AvgIpc) is 2.64. The molecular weight excluding hydrogens is 339 g/mol. The van der Waals surface area contributed by atoms with E-state index >= 15 is 0 Å². The average molecular weight is 364 g/mol. The number of benzene rings is 1. The molecule has 0 saturated carbocycles. The summed E-state index contributed by atoms with van der Waals surface area (Å²) in [6.07, 6.45) is 0. The number of halogens is 1. The molecule has 3 rings (SSSR count). The summed E-state index contributed by atoms with van der Waals surface area (Å²) in [5.41, 5.74) is 6.26. The maximum atomic E-state index is 13.1. The van der Waals surface area contributed by atoms with Crippen molar-refractivity contribution in [2.24, 2.45) is 5.73 Å². The van der Waals surface area contributed by atoms with E-state index in [9.17, 15) is 14.0 Å². The first kappa shape index (κ1) is 18.8. The lowest BCUT2D eigenvalue weighted by atomic mass is 10.0. The highest BCUT2D eigenvalue weighted by atomic mass is 19.1. The van der Waals surface area contributed by atoms with Gasteiger partial charge in [0, 0.05) is 39.3 Å². The van der Waals surface area contributed by atoms with Crippen LogP contribution in [0.5, 0.6) is 0 Å². The van der Waals surface area contributed by atoms with Gasteiger partial charge in [-0.25, -0.2) is 4.39 Å². The van der Waals surface area contributed by atoms with Crippen LogP contribution in [-0.4, -0.2) is 85.5 Å². The Labute approximate surface area is 152 Å². The van der Waals surface area contributed by atoms with Crippen molar-refractivity contribution in [2.75, 3.05) is 59.0 Å². The molecule has 2 heterocycles. The van der Waals surface area contributed by atoms with Crippen LogP contribution in [0, 0.1) is 5.82 Å². The Bertz CT molecular complexity index is 626. The van der Waals surface area contributed by atoms with Gasteiger partial charge in [-0.3, -0.25) is 19.4 Å². The van der Waals surface area contributed by atoms with Crippen LogP contribution < -0.4 is 5.73 Å². The number of hydrogen-bond donors (Lipinski definition) is 1. The van der Waals surface area contributed by atoms with E-state index in [0.717, 1.165) is 13.1 Å². The Kier molecular flexibility index (Phi) is 6.18. The molecule has 2 N–H and O–H groups in total. The lowest BCUT2D eigenvalue weighted by molar-refractivity contribution is -0.136. The largest absolute Gasteiger partial charge is 0.379 e. The second-order valence-corrected chi connectivity index (χ2v) is 6.66. The van der Waals surface area contributed by atoms with Gasteiger partial charge in [0.05, 0.1) is 19.8 Å². The van der Waals surface area contributed by atoms with Gasteiger partial charge in [0.25, 0.3) is 0 Å². The van der Waals surface area contributed by atoms with Gasteiger partial charge in [0.1, 0.15) is 11.9 Å². The number of ether oxygens (including phenoxy) is 1. The third kappa shape index (κ3) is 4.57. The van der Waals surface area contributed by atoms with Crippen LogP contribution in [0.4, 0.5) is 4.39 Å². The van der Waals surface area contributed by atoms with E-state index in [-0.39, 0.29) is 11.7 Å². The zero-order valence-electron chi connectivity index (χ0n) is 14.8. The smallest absolute Gasteiger partial charge is 0.239 e. The van der Waals surface area contributed by atoms with Crippen molar-refractivity contribution in [3.05, 3.63) is 35.6 Å². The van der Waals surface area contributed by atoms with Crippen molar-refractivity contribution < 1.29 is 18.7 Å². The van der Waals surface area contributed by atoms with Crippen molar-refractivity contribution in [2.45, 2.75) is 6.04 Å². The van der Waals surface area contributed by atoms with E-state index in [1.165, 1.54) is 12.1 Å². The summed E-state index contributed by atoms with van der Waals surface area (Å²) in [6, 6.07) is 5.22. The highest BCUT2D eigenvalue weighted by Gasteiger charge is 2.30. The fourth-order valence-electron chi connectivity index (χ4n) is 3.48. The third-order valence-corrected chi connectivity index (χ3v) is 4.95. The molecule has 142 valence electrons. The number of nitrogens with zero attached hydrogens (tertiary/aromatic N) is 3. The van der Waals surface area contributed by atoms with Crippen molar-refractivity contribution >= 4 is 11.8 Å². The SMILES string of the molecule is NC(=O)[C@@H](c1ccc(F)cc1)N1CCN(C(=O)CN2CCOCC2)CC1. The van der Waals surface area contributed by atoms with Gasteiger partial charge >= 0.3 is 0 Å². The van der Waals surface area contributed by atoms with Gasteiger partial charge in [-0.2, -0.15) is 0 Å². The summed E-state index contributed by atoms with van der Waals surface area (Å²) in [7, 11) is 0. The van der Waals surface area contributed by atoms with E-state index in [1.54, 1.807) is 12.1 Å². The van der Waals surface area contributed by atoms with Crippen LogP contribution in [0.1, 0.15) is 11.6 Å². The van der Waals surface area contributed by atoms with Crippen molar-refractivity contribution in [3.8, 4) is 0 Å². The minimum Gasteiger partial charge on any atom is -0.379 e. The first-order valence-corrected chi connectivity index (χ1v) is 8.91. The molecule has 8 heteroatoms. The molecule has 1 aromatic carbocycles. The van der Waals surface area contributed by atoms with Gasteiger partial charge < -0.3 is 15.4 Å². The van der Waals surface area contributed by atoms with Crippen molar-refractivity contribution in [1.82, 2.24) is 14.7 Å². The molecule has 2 fully saturated rings. The number of rotatable bonds is 5.